The van der Waals surface area contributed by atoms with Crippen molar-refractivity contribution in [2.75, 3.05) is 11.9 Å². The van der Waals surface area contributed by atoms with Crippen LogP contribution in [0.2, 0.25) is 0 Å². The third-order valence-corrected chi connectivity index (χ3v) is 5.38. The molecule has 2 aliphatic rings. The first-order chi connectivity index (χ1) is 11.0. The Hall–Kier alpha value is -1.59. The molecule has 132 valence electrons. The first-order valence-electron chi connectivity index (χ1n) is 8.46. The summed E-state index contributed by atoms with van der Waals surface area (Å²) >= 11 is 0. The van der Waals surface area contributed by atoms with E-state index < -0.39 is 0 Å². The maximum Gasteiger partial charge on any atom is 0.251 e. The zero-order valence-electron chi connectivity index (χ0n) is 14.2. The number of anilines is 1. The van der Waals surface area contributed by atoms with Crippen molar-refractivity contribution < 1.29 is 9.59 Å². The van der Waals surface area contributed by atoms with Crippen LogP contribution >= 0.6 is 12.4 Å². The van der Waals surface area contributed by atoms with E-state index in [0.717, 1.165) is 24.8 Å². The lowest BCUT2D eigenvalue weighted by atomic mass is 9.84. The Balaban J connectivity index is 0.00000208. The Kier molecular flexibility index (Phi) is 5.88. The molecule has 0 aliphatic heterocycles. The summed E-state index contributed by atoms with van der Waals surface area (Å²) < 4.78 is 0. The van der Waals surface area contributed by atoms with Gasteiger partial charge in [0.25, 0.3) is 5.91 Å². The first-order valence-corrected chi connectivity index (χ1v) is 8.46. The highest BCUT2D eigenvalue weighted by Crippen LogP contribution is 2.47. The van der Waals surface area contributed by atoms with Crippen molar-refractivity contribution in [1.29, 1.82) is 0 Å². The number of hydrogen-bond donors (Lipinski definition) is 3. The smallest absolute Gasteiger partial charge is 0.251 e. The number of halogens is 1. The second-order valence-corrected chi connectivity index (χ2v) is 6.81. The normalized spacial score (nSPS) is 27.5. The number of aryl methyl sites for hydroxylation is 1. The molecule has 2 saturated carbocycles. The molecule has 24 heavy (non-hydrogen) atoms. The number of rotatable bonds is 4. The number of carbonyl (C=O) groups is 2. The van der Waals surface area contributed by atoms with Crippen LogP contribution in [-0.4, -0.2) is 24.4 Å². The zero-order chi connectivity index (χ0) is 16.6. The molecule has 3 rings (SSSR count). The molecule has 6 heteroatoms. The van der Waals surface area contributed by atoms with Crippen LogP contribution in [0.25, 0.3) is 0 Å². The number of nitrogens with two attached hydrogens (primary N) is 1. The van der Waals surface area contributed by atoms with Crippen molar-refractivity contribution in [3.63, 3.8) is 0 Å². The van der Waals surface area contributed by atoms with Crippen LogP contribution in [-0.2, 0) is 4.79 Å². The van der Waals surface area contributed by atoms with Crippen molar-refractivity contribution in [3.8, 4) is 0 Å². The summed E-state index contributed by atoms with van der Waals surface area (Å²) in [4.78, 5) is 24.6. The first kappa shape index (κ1) is 18.7. The van der Waals surface area contributed by atoms with Crippen LogP contribution in [0, 0.1) is 24.7 Å². The monoisotopic (exact) mass is 351 g/mol. The molecule has 4 atom stereocenters. The third-order valence-electron chi connectivity index (χ3n) is 5.38. The van der Waals surface area contributed by atoms with Gasteiger partial charge >= 0.3 is 0 Å². The average molecular weight is 352 g/mol. The molecule has 0 aromatic heterocycles. The van der Waals surface area contributed by atoms with Crippen molar-refractivity contribution in [3.05, 3.63) is 29.3 Å². The van der Waals surface area contributed by atoms with Gasteiger partial charge in [-0.1, -0.05) is 6.07 Å². The quantitative estimate of drug-likeness (QED) is 0.779. The van der Waals surface area contributed by atoms with Crippen LogP contribution in [0.3, 0.4) is 0 Å². The largest absolute Gasteiger partial charge is 0.352 e. The lowest BCUT2D eigenvalue weighted by Gasteiger charge is -2.27. The molecule has 4 unspecified atom stereocenters. The van der Waals surface area contributed by atoms with E-state index in [2.05, 4.69) is 10.6 Å². The summed E-state index contributed by atoms with van der Waals surface area (Å²) in [5.41, 5.74) is 8.46. The molecule has 0 radical (unpaired) electrons. The number of carbonyl (C=O) groups excluding carboxylic acids is 2. The number of hydrogen-bond acceptors (Lipinski definition) is 3. The highest BCUT2D eigenvalue weighted by atomic mass is 35.5. The van der Waals surface area contributed by atoms with E-state index in [1.54, 1.807) is 12.1 Å². The molecular weight excluding hydrogens is 326 g/mol. The Labute approximate surface area is 149 Å². The minimum absolute atomic E-state index is 0. The Morgan fingerprint density at radius 1 is 1.25 bits per heavy atom. The van der Waals surface area contributed by atoms with Crippen molar-refractivity contribution in [2.45, 2.75) is 39.2 Å². The number of fused-ring (bicyclic) bond motifs is 2. The van der Waals surface area contributed by atoms with Gasteiger partial charge in [-0.05, 0) is 62.6 Å². The maximum absolute atomic E-state index is 12.7. The van der Waals surface area contributed by atoms with E-state index in [9.17, 15) is 9.59 Å². The lowest BCUT2D eigenvalue weighted by molar-refractivity contribution is -0.121. The molecule has 0 saturated heterocycles. The van der Waals surface area contributed by atoms with Gasteiger partial charge in [0, 0.05) is 23.8 Å². The predicted octanol–water partition coefficient (Wildman–Crippen LogP) is 2.48. The van der Waals surface area contributed by atoms with Gasteiger partial charge < -0.3 is 16.4 Å². The molecule has 2 amide bonds. The van der Waals surface area contributed by atoms with Crippen molar-refractivity contribution in [1.82, 2.24) is 5.32 Å². The fraction of sp³-hybridized carbons (Fsp3) is 0.556. The molecular formula is C18H26ClN3O2. The van der Waals surface area contributed by atoms with E-state index in [1.807, 2.05) is 19.9 Å². The Morgan fingerprint density at radius 3 is 2.58 bits per heavy atom. The van der Waals surface area contributed by atoms with E-state index in [1.165, 1.54) is 0 Å². The highest BCUT2D eigenvalue weighted by Gasteiger charge is 2.49. The molecule has 2 fully saturated rings. The molecule has 2 bridgehead atoms. The average Bonchev–Trinajstić information content (AvgIpc) is 3.10. The van der Waals surface area contributed by atoms with Crippen LogP contribution in [0.4, 0.5) is 5.69 Å². The summed E-state index contributed by atoms with van der Waals surface area (Å²) in [6.45, 7) is 4.39. The predicted molar refractivity (Wildman–Crippen MR) is 97.4 cm³/mol. The lowest BCUT2D eigenvalue weighted by Crippen LogP contribution is -2.42. The minimum Gasteiger partial charge on any atom is -0.352 e. The van der Waals surface area contributed by atoms with Gasteiger partial charge in [-0.3, -0.25) is 9.59 Å². The minimum atomic E-state index is -0.125. The number of amides is 2. The molecule has 0 spiro atoms. The third kappa shape index (κ3) is 3.42. The van der Waals surface area contributed by atoms with E-state index in [-0.39, 0.29) is 36.2 Å². The van der Waals surface area contributed by atoms with Gasteiger partial charge in [0.2, 0.25) is 5.91 Å². The Morgan fingerprint density at radius 2 is 1.96 bits per heavy atom. The molecule has 4 N–H and O–H groups in total. The van der Waals surface area contributed by atoms with E-state index >= 15 is 0 Å². The van der Waals surface area contributed by atoms with Gasteiger partial charge in [0.15, 0.2) is 0 Å². The van der Waals surface area contributed by atoms with Gasteiger partial charge in [-0.2, -0.15) is 0 Å². The molecule has 1 aromatic rings. The summed E-state index contributed by atoms with van der Waals surface area (Å²) in [7, 11) is 0. The molecule has 2 aliphatic carbocycles. The summed E-state index contributed by atoms with van der Waals surface area (Å²) in [6, 6.07) is 5.36. The molecule has 0 heterocycles. The summed E-state index contributed by atoms with van der Waals surface area (Å²) in [5, 5.41) is 5.78. The molecule has 1 aromatic carbocycles. The highest BCUT2D eigenvalue weighted by molar-refractivity contribution is 5.98. The maximum atomic E-state index is 12.7. The van der Waals surface area contributed by atoms with Gasteiger partial charge in [0.1, 0.15) is 0 Å². The zero-order valence-corrected chi connectivity index (χ0v) is 15.0. The summed E-state index contributed by atoms with van der Waals surface area (Å²) in [6.07, 6.45) is 3.34. The Bertz CT molecular complexity index is 633. The van der Waals surface area contributed by atoms with Crippen LogP contribution in [0.15, 0.2) is 18.2 Å². The second kappa shape index (κ2) is 7.53. The van der Waals surface area contributed by atoms with Crippen molar-refractivity contribution in [2.24, 2.45) is 23.5 Å². The van der Waals surface area contributed by atoms with Gasteiger partial charge in [-0.15, -0.1) is 12.4 Å². The molecule has 5 nitrogen and oxygen atoms in total. The fourth-order valence-electron chi connectivity index (χ4n) is 4.10. The van der Waals surface area contributed by atoms with Crippen LogP contribution in [0.1, 0.15) is 42.1 Å². The number of nitrogens with one attached hydrogen (secondary N) is 2. The fourth-order valence-corrected chi connectivity index (χ4v) is 4.10. The van der Waals surface area contributed by atoms with E-state index in [4.69, 9.17) is 5.73 Å². The SMILES string of the molecule is CCNC(=O)c1ccc(C)c(NC(=O)C2C3CCC(C3)C2N)c1.Cl. The van der Waals surface area contributed by atoms with Crippen LogP contribution < -0.4 is 16.4 Å². The number of benzene rings is 1. The standard InChI is InChI=1S/C18H25N3O2.ClH/c1-3-20-17(22)13-5-4-10(2)14(9-13)21-18(23)15-11-6-7-12(8-11)16(15)19;/h4-5,9,11-12,15-16H,3,6-8,19H2,1-2H3,(H,20,22)(H,21,23);1H. The van der Waals surface area contributed by atoms with Crippen molar-refractivity contribution >= 4 is 29.9 Å². The topological polar surface area (TPSA) is 84.2 Å². The van der Waals surface area contributed by atoms with Crippen LogP contribution in [0.5, 0.6) is 0 Å². The van der Waals surface area contributed by atoms with Gasteiger partial charge in [0.05, 0.1) is 5.92 Å². The second-order valence-electron chi connectivity index (χ2n) is 6.81. The summed E-state index contributed by atoms with van der Waals surface area (Å²) in [5.74, 6) is 0.696. The van der Waals surface area contributed by atoms with E-state index in [0.29, 0.717) is 29.6 Å². The van der Waals surface area contributed by atoms with Gasteiger partial charge in [-0.25, -0.2) is 0 Å².